The number of methoxy groups -OCH3 is 1. The lowest BCUT2D eigenvalue weighted by molar-refractivity contribution is 0.111. The minimum Gasteiger partial charge on any atom is -0.497 e. The molecule has 0 aliphatic rings. The molecule has 0 aliphatic carbocycles. The van der Waals surface area contributed by atoms with Gasteiger partial charge >= 0.3 is 0 Å². The second-order valence-corrected chi connectivity index (χ2v) is 3.90. The second kappa shape index (κ2) is 7.71. The third-order valence-electron chi connectivity index (χ3n) is 2.90. The van der Waals surface area contributed by atoms with Crippen LogP contribution in [0, 0.1) is 0 Å². The monoisotopic (exact) mass is 251 g/mol. The second-order valence-electron chi connectivity index (χ2n) is 3.90. The van der Waals surface area contributed by atoms with Crippen molar-refractivity contribution in [3.63, 3.8) is 0 Å². The first-order chi connectivity index (χ1) is 8.74. The van der Waals surface area contributed by atoms with Crippen LogP contribution in [0.15, 0.2) is 18.2 Å². The van der Waals surface area contributed by atoms with Crippen LogP contribution in [0.3, 0.4) is 0 Å². The third kappa shape index (κ3) is 4.04. The van der Waals surface area contributed by atoms with Crippen molar-refractivity contribution < 1.29 is 14.3 Å². The molecular formula is C14H21NO3. The highest BCUT2D eigenvalue weighted by molar-refractivity contribution is 5.80. The van der Waals surface area contributed by atoms with Gasteiger partial charge in [0.1, 0.15) is 18.1 Å². The van der Waals surface area contributed by atoms with E-state index in [9.17, 15) is 4.79 Å². The number of nitrogens with zero attached hydrogens (tertiary/aromatic N) is 1. The van der Waals surface area contributed by atoms with Crippen LogP contribution < -0.4 is 9.47 Å². The Morgan fingerprint density at radius 1 is 1.28 bits per heavy atom. The molecule has 4 heteroatoms. The van der Waals surface area contributed by atoms with Gasteiger partial charge in [-0.25, -0.2) is 0 Å². The Balaban J connectivity index is 2.58. The van der Waals surface area contributed by atoms with Crippen LogP contribution in [0.5, 0.6) is 11.5 Å². The van der Waals surface area contributed by atoms with Crippen molar-refractivity contribution in [3.8, 4) is 11.5 Å². The number of rotatable bonds is 8. The molecule has 0 saturated heterocycles. The summed E-state index contributed by atoms with van der Waals surface area (Å²) in [6.07, 6.45) is 0.787. The summed E-state index contributed by atoms with van der Waals surface area (Å²) in [5, 5.41) is 0. The number of carbonyl (C=O) groups excluding carboxylic acids is 1. The van der Waals surface area contributed by atoms with Crippen LogP contribution in [0.2, 0.25) is 0 Å². The number of carbonyl (C=O) groups is 1. The molecule has 1 rings (SSSR count). The summed E-state index contributed by atoms with van der Waals surface area (Å²) in [5.74, 6) is 1.27. The van der Waals surface area contributed by atoms with Crippen molar-refractivity contribution in [1.29, 1.82) is 0 Å². The van der Waals surface area contributed by atoms with E-state index in [4.69, 9.17) is 9.47 Å². The summed E-state index contributed by atoms with van der Waals surface area (Å²) in [6, 6.07) is 5.24. The highest BCUT2D eigenvalue weighted by Gasteiger charge is 2.06. The van der Waals surface area contributed by atoms with Gasteiger partial charge in [0, 0.05) is 6.54 Å². The van der Waals surface area contributed by atoms with Gasteiger partial charge in [0.15, 0.2) is 6.29 Å². The van der Waals surface area contributed by atoms with E-state index >= 15 is 0 Å². The summed E-state index contributed by atoms with van der Waals surface area (Å²) in [4.78, 5) is 13.2. The number of benzene rings is 1. The molecule has 0 aliphatic heterocycles. The Kier molecular flexibility index (Phi) is 6.22. The standard InChI is InChI=1S/C14H21NO3/c1-4-15(5-2)8-9-18-14-7-6-13(17-3)10-12(14)11-16/h6-7,10-11H,4-5,8-9H2,1-3H3. The van der Waals surface area contributed by atoms with E-state index < -0.39 is 0 Å². The SMILES string of the molecule is CCN(CC)CCOc1ccc(OC)cc1C=O. The van der Waals surface area contributed by atoms with Crippen LogP contribution in [0.1, 0.15) is 24.2 Å². The van der Waals surface area contributed by atoms with Crippen LogP contribution in [-0.2, 0) is 0 Å². The molecular weight excluding hydrogens is 230 g/mol. The smallest absolute Gasteiger partial charge is 0.153 e. The molecule has 0 aromatic heterocycles. The lowest BCUT2D eigenvalue weighted by Gasteiger charge is -2.18. The zero-order valence-corrected chi connectivity index (χ0v) is 11.3. The number of hydrogen-bond donors (Lipinski definition) is 0. The molecule has 0 fully saturated rings. The normalized spacial score (nSPS) is 10.4. The van der Waals surface area contributed by atoms with Crippen molar-refractivity contribution in [2.75, 3.05) is 33.4 Å². The molecule has 0 saturated carbocycles. The molecule has 0 atom stereocenters. The molecule has 0 amide bonds. The van der Waals surface area contributed by atoms with Gasteiger partial charge in [0.05, 0.1) is 12.7 Å². The summed E-state index contributed by atoms with van der Waals surface area (Å²) in [6.45, 7) is 7.68. The van der Waals surface area contributed by atoms with E-state index in [-0.39, 0.29) is 0 Å². The molecule has 1 aromatic rings. The van der Waals surface area contributed by atoms with Crippen LogP contribution >= 0.6 is 0 Å². The van der Waals surface area contributed by atoms with E-state index in [0.717, 1.165) is 25.9 Å². The Labute approximate surface area is 108 Å². The lowest BCUT2D eigenvalue weighted by Crippen LogP contribution is -2.28. The topological polar surface area (TPSA) is 38.8 Å². The molecule has 0 radical (unpaired) electrons. The zero-order chi connectivity index (χ0) is 13.4. The van der Waals surface area contributed by atoms with Gasteiger partial charge in [-0.05, 0) is 31.3 Å². The van der Waals surface area contributed by atoms with Crippen molar-refractivity contribution in [3.05, 3.63) is 23.8 Å². The molecule has 1 aromatic carbocycles. The summed E-state index contributed by atoms with van der Waals surface area (Å²) >= 11 is 0. The Hall–Kier alpha value is -1.55. The molecule has 0 spiro atoms. The Morgan fingerprint density at radius 3 is 2.56 bits per heavy atom. The molecule has 100 valence electrons. The first-order valence-corrected chi connectivity index (χ1v) is 6.23. The van der Waals surface area contributed by atoms with E-state index in [0.29, 0.717) is 23.7 Å². The Bertz CT molecular complexity index is 375. The van der Waals surface area contributed by atoms with E-state index in [2.05, 4.69) is 18.7 Å². The number of hydrogen-bond acceptors (Lipinski definition) is 4. The van der Waals surface area contributed by atoms with Gasteiger partial charge in [-0.1, -0.05) is 13.8 Å². The fraction of sp³-hybridized carbons (Fsp3) is 0.500. The summed E-state index contributed by atoms with van der Waals surface area (Å²) < 4.78 is 10.7. The van der Waals surface area contributed by atoms with Gasteiger partial charge in [-0.2, -0.15) is 0 Å². The van der Waals surface area contributed by atoms with E-state index in [1.165, 1.54) is 0 Å². The van der Waals surface area contributed by atoms with Gasteiger partial charge in [0.2, 0.25) is 0 Å². The van der Waals surface area contributed by atoms with E-state index in [1.54, 1.807) is 25.3 Å². The number of likely N-dealkylation sites (N-methyl/N-ethyl adjacent to an activating group) is 1. The Morgan fingerprint density at radius 2 is 2.00 bits per heavy atom. The molecule has 0 bridgehead atoms. The van der Waals surface area contributed by atoms with E-state index in [1.807, 2.05) is 0 Å². The predicted molar refractivity (Wildman–Crippen MR) is 71.7 cm³/mol. The van der Waals surface area contributed by atoms with Crippen LogP contribution in [-0.4, -0.2) is 44.5 Å². The minimum atomic E-state index is 0.522. The third-order valence-corrected chi connectivity index (χ3v) is 2.90. The zero-order valence-electron chi connectivity index (χ0n) is 11.3. The van der Waals surface area contributed by atoms with Crippen molar-refractivity contribution in [2.24, 2.45) is 0 Å². The minimum absolute atomic E-state index is 0.522. The molecule has 18 heavy (non-hydrogen) atoms. The molecule has 0 heterocycles. The summed E-state index contributed by atoms with van der Waals surface area (Å²) in [5.41, 5.74) is 0.522. The van der Waals surface area contributed by atoms with Crippen molar-refractivity contribution in [1.82, 2.24) is 4.90 Å². The quantitative estimate of drug-likeness (QED) is 0.664. The predicted octanol–water partition coefficient (Wildman–Crippen LogP) is 2.23. The highest BCUT2D eigenvalue weighted by Crippen LogP contribution is 2.22. The average molecular weight is 251 g/mol. The first-order valence-electron chi connectivity index (χ1n) is 6.23. The molecule has 4 nitrogen and oxygen atoms in total. The van der Waals surface area contributed by atoms with Crippen molar-refractivity contribution >= 4 is 6.29 Å². The first kappa shape index (κ1) is 14.5. The van der Waals surface area contributed by atoms with Gasteiger partial charge in [-0.3, -0.25) is 4.79 Å². The largest absolute Gasteiger partial charge is 0.497 e. The van der Waals surface area contributed by atoms with Gasteiger partial charge in [-0.15, -0.1) is 0 Å². The molecule has 0 N–H and O–H groups in total. The van der Waals surface area contributed by atoms with Gasteiger partial charge in [0.25, 0.3) is 0 Å². The summed E-state index contributed by atoms with van der Waals surface area (Å²) in [7, 11) is 1.57. The van der Waals surface area contributed by atoms with Crippen LogP contribution in [0.4, 0.5) is 0 Å². The average Bonchev–Trinajstić information content (AvgIpc) is 2.43. The number of aldehydes is 1. The van der Waals surface area contributed by atoms with Crippen molar-refractivity contribution in [2.45, 2.75) is 13.8 Å². The highest BCUT2D eigenvalue weighted by atomic mass is 16.5. The maximum atomic E-state index is 11.0. The maximum Gasteiger partial charge on any atom is 0.153 e. The van der Waals surface area contributed by atoms with Gasteiger partial charge < -0.3 is 14.4 Å². The fourth-order valence-corrected chi connectivity index (χ4v) is 1.70. The maximum absolute atomic E-state index is 11.0. The van der Waals surface area contributed by atoms with Crippen LogP contribution in [0.25, 0.3) is 0 Å². The number of ether oxygens (including phenoxy) is 2. The fourth-order valence-electron chi connectivity index (χ4n) is 1.70. The lowest BCUT2D eigenvalue weighted by atomic mass is 10.2. The molecule has 0 unspecified atom stereocenters.